The molecule has 0 amide bonds. The van der Waals surface area contributed by atoms with Crippen molar-refractivity contribution < 1.29 is 19.0 Å². The number of carboxylic acids is 1. The second kappa shape index (κ2) is 5.27. The Morgan fingerprint density at radius 2 is 2.24 bits per heavy atom. The van der Waals surface area contributed by atoms with Gasteiger partial charge in [-0.3, -0.25) is 0 Å². The van der Waals surface area contributed by atoms with Crippen molar-refractivity contribution in [2.75, 3.05) is 13.2 Å². The number of rotatable bonds is 3. The third kappa shape index (κ3) is 2.64. The quantitative estimate of drug-likeness (QED) is 0.880. The summed E-state index contributed by atoms with van der Waals surface area (Å²) in [6.45, 7) is 1.04. The third-order valence-electron chi connectivity index (χ3n) is 3.10. The second-order valence-electron chi connectivity index (χ2n) is 4.27. The van der Waals surface area contributed by atoms with Crippen molar-refractivity contribution in [1.29, 1.82) is 0 Å². The first-order valence-corrected chi connectivity index (χ1v) is 5.74. The molecule has 1 saturated heterocycles. The molecule has 4 heteroatoms. The first-order chi connectivity index (χ1) is 8.20. The van der Waals surface area contributed by atoms with E-state index in [1.54, 1.807) is 18.2 Å². The molecule has 2 atom stereocenters. The zero-order valence-electron chi connectivity index (χ0n) is 9.43. The van der Waals surface area contributed by atoms with Gasteiger partial charge < -0.3 is 9.84 Å². The van der Waals surface area contributed by atoms with Crippen LogP contribution >= 0.6 is 0 Å². The fourth-order valence-corrected chi connectivity index (χ4v) is 2.18. The Morgan fingerprint density at radius 1 is 1.47 bits per heavy atom. The van der Waals surface area contributed by atoms with Crippen LogP contribution in [0.4, 0.5) is 4.39 Å². The van der Waals surface area contributed by atoms with E-state index in [4.69, 9.17) is 9.84 Å². The fraction of sp³-hybridized carbons (Fsp3) is 0.462. The number of benzene rings is 1. The van der Waals surface area contributed by atoms with Crippen LogP contribution in [-0.2, 0) is 4.74 Å². The molecule has 2 unspecified atom stereocenters. The highest BCUT2D eigenvalue weighted by atomic mass is 19.1. The van der Waals surface area contributed by atoms with Crippen LogP contribution in [0.15, 0.2) is 24.3 Å². The molecule has 1 aliphatic rings. The van der Waals surface area contributed by atoms with Crippen molar-refractivity contribution >= 4 is 5.97 Å². The summed E-state index contributed by atoms with van der Waals surface area (Å²) >= 11 is 0. The Kier molecular flexibility index (Phi) is 3.74. The lowest BCUT2D eigenvalue weighted by molar-refractivity contribution is 0.0192. The molecule has 1 aromatic carbocycles. The number of hydrogen-bond donors (Lipinski definition) is 1. The summed E-state index contributed by atoms with van der Waals surface area (Å²) in [6.07, 6.45) is 0.317. The van der Waals surface area contributed by atoms with Crippen molar-refractivity contribution in [2.24, 2.45) is 5.92 Å². The Labute approximate surface area is 99.2 Å². The van der Waals surface area contributed by atoms with E-state index in [-0.39, 0.29) is 17.0 Å². The number of halogens is 1. The van der Waals surface area contributed by atoms with Gasteiger partial charge in [-0.2, -0.15) is 0 Å². The highest BCUT2D eigenvalue weighted by Gasteiger charge is 2.28. The molecule has 1 aliphatic heterocycles. The molecule has 1 N–H and O–H groups in total. The average Bonchev–Trinajstić information content (AvgIpc) is 2.39. The van der Waals surface area contributed by atoms with Crippen LogP contribution in [0.5, 0.6) is 0 Å². The largest absolute Gasteiger partial charge is 0.478 e. The maximum Gasteiger partial charge on any atom is 0.336 e. The molecule has 0 bridgehead atoms. The van der Waals surface area contributed by atoms with Gasteiger partial charge in [-0.15, -0.1) is 0 Å². The number of carbonyl (C=O) groups is 1. The molecule has 0 spiro atoms. The van der Waals surface area contributed by atoms with Gasteiger partial charge in [0.1, 0.15) is 6.17 Å². The average molecular weight is 238 g/mol. The predicted molar refractivity (Wildman–Crippen MR) is 60.8 cm³/mol. The molecule has 92 valence electrons. The summed E-state index contributed by atoms with van der Waals surface area (Å²) in [4.78, 5) is 11.0. The number of hydrogen-bond acceptors (Lipinski definition) is 2. The van der Waals surface area contributed by atoms with Crippen LogP contribution < -0.4 is 0 Å². The Balaban J connectivity index is 2.23. The molecule has 2 rings (SSSR count). The Bertz CT molecular complexity index is 399. The van der Waals surface area contributed by atoms with Crippen molar-refractivity contribution in [1.82, 2.24) is 0 Å². The number of aromatic carboxylic acids is 1. The van der Waals surface area contributed by atoms with E-state index >= 15 is 0 Å². The summed E-state index contributed by atoms with van der Waals surface area (Å²) in [5.74, 6) is -1.32. The molecule has 1 aromatic rings. The lowest BCUT2D eigenvalue weighted by atomic mass is 9.90. The smallest absolute Gasteiger partial charge is 0.336 e. The summed E-state index contributed by atoms with van der Waals surface area (Å²) in [7, 11) is 0. The molecule has 17 heavy (non-hydrogen) atoms. The fourth-order valence-electron chi connectivity index (χ4n) is 2.18. The minimum atomic E-state index is -1.26. The van der Waals surface area contributed by atoms with Crippen LogP contribution in [0.3, 0.4) is 0 Å². The SMILES string of the molecule is O=C(O)c1ccccc1C(F)C1CCCOC1. The van der Waals surface area contributed by atoms with E-state index in [1.165, 1.54) is 6.07 Å². The molecule has 3 nitrogen and oxygen atoms in total. The number of alkyl halides is 1. The monoisotopic (exact) mass is 238 g/mol. The molecule has 1 fully saturated rings. The summed E-state index contributed by atoms with van der Waals surface area (Å²) in [5, 5.41) is 9.01. The van der Waals surface area contributed by atoms with E-state index < -0.39 is 12.1 Å². The second-order valence-corrected chi connectivity index (χ2v) is 4.27. The van der Waals surface area contributed by atoms with Gasteiger partial charge in [-0.1, -0.05) is 18.2 Å². The van der Waals surface area contributed by atoms with E-state index in [0.29, 0.717) is 13.2 Å². The molecule has 0 saturated carbocycles. The zero-order chi connectivity index (χ0) is 12.3. The summed E-state index contributed by atoms with van der Waals surface area (Å²) in [5.41, 5.74) is 0.307. The normalized spacial score (nSPS) is 22.1. The van der Waals surface area contributed by atoms with Crippen LogP contribution in [-0.4, -0.2) is 24.3 Å². The first-order valence-electron chi connectivity index (χ1n) is 5.74. The highest BCUT2D eigenvalue weighted by Crippen LogP contribution is 2.33. The van der Waals surface area contributed by atoms with Crippen LogP contribution in [0.2, 0.25) is 0 Å². The minimum Gasteiger partial charge on any atom is -0.478 e. The van der Waals surface area contributed by atoms with Gasteiger partial charge >= 0.3 is 5.97 Å². The Morgan fingerprint density at radius 3 is 2.88 bits per heavy atom. The van der Waals surface area contributed by atoms with E-state index in [9.17, 15) is 9.18 Å². The molecule has 1 heterocycles. The molecule has 0 aromatic heterocycles. The van der Waals surface area contributed by atoms with E-state index in [1.807, 2.05) is 0 Å². The van der Waals surface area contributed by atoms with Gasteiger partial charge in [0, 0.05) is 18.1 Å². The van der Waals surface area contributed by atoms with Gasteiger partial charge in [-0.05, 0) is 18.9 Å². The van der Waals surface area contributed by atoms with Crippen molar-refractivity contribution in [2.45, 2.75) is 19.0 Å². The predicted octanol–water partition coefficient (Wildman–Crippen LogP) is 2.82. The van der Waals surface area contributed by atoms with E-state index in [0.717, 1.165) is 12.8 Å². The van der Waals surface area contributed by atoms with Gasteiger partial charge in [-0.25, -0.2) is 9.18 Å². The molecular formula is C13H15FO3. The summed E-state index contributed by atoms with van der Waals surface area (Å²) < 4.78 is 19.5. The van der Waals surface area contributed by atoms with Crippen LogP contribution in [0.25, 0.3) is 0 Å². The van der Waals surface area contributed by atoms with Gasteiger partial charge in [0.2, 0.25) is 0 Å². The van der Waals surface area contributed by atoms with Gasteiger partial charge in [0.25, 0.3) is 0 Å². The van der Waals surface area contributed by atoms with Crippen LogP contribution in [0.1, 0.15) is 34.9 Å². The van der Waals surface area contributed by atoms with Gasteiger partial charge in [0.05, 0.1) is 12.2 Å². The molecular weight excluding hydrogens is 223 g/mol. The third-order valence-corrected chi connectivity index (χ3v) is 3.10. The summed E-state index contributed by atoms with van der Waals surface area (Å²) in [6, 6.07) is 6.26. The molecule has 0 radical (unpaired) electrons. The Hall–Kier alpha value is -1.42. The first kappa shape index (κ1) is 12.0. The highest BCUT2D eigenvalue weighted by molar-refractivity contribution is 5.89. The van der Waals surface area contributed by atoms with Crippen molar-refractivity contribution in [3.8, 4) is 0 Å². The van der Waals surface area contributed by atoms with Crippen LogP contribution in [0, 0.1) is 5.92 Å². The lowest BCUT2D eigenvalue weighted by Gasteiger charge is -2.26. The molecule has 0 aliphatic carbocycles. The number of carboxylic acid groups (broad SMARTS) is 1. The topological polar surface area (TPSA) is 46.5 Å². The minimum absolute atomic E-state index is 0.0468. The standard InChI is InChI=1S/C13H15FO3/c14-12(9-4-3-7-17-8-9)10-5-1-2-6-11(10)13(15)16/h1-2,5-6,9,12H,3-4,7-8H2,(H,15,16). The van der Waals surface area contributed by atoms with Crippen molar-refractivity contribution in [3.05, 3.63) is 35.4 Å². The maximum atomic E-state index is 14.3. The number of ether oxygens (including phenoxy) is 1. The maximum absolute atomic E-state index is 14.3. The van der Waals surface area contributed by atoms with E-state index in [2.05, 4.69) is 0 Å². The lowest BCUT2D eigenvalue weighted by Crippen LogP contribution is -2.22. The zero-order valence-corrected chi connectivity index (χ0v) is 9.43. The van der Waals surface area contributed by atoms with Crippen molar-refractivity contribution in [3.63, 3.8) is 0 Å². The van der Waals surface area contributed by atoms with Gasteiger partial charge in [0.15, 0.2) is 0 Å².